The van der Waals surface area contributed by atoms with Crippen molar-refractivity contribution in [1.82, 2.24) is 19.9 Å². The quantitative estimate of drug-likeness (QED) is 0.533. The first-order chi connectivity index (χ1) is 15.2. The van der Waals surface area contributed by atoms with Crippen LogP contribution in [0.15, 0.2) is 77.9 Å². The van der Waals surface area contributed by atoms with Gasteiger partial charge in [0.05, 0.1) is 36.1 Å². The lowest BCUT2D eigenvalue weighted by Gasteiger charge is -2.32. The maximum absolute atomic E-state index is 13.2. The molecule has 4 heterocycles. The number of nitrogens with zero attached hydrogens (tertiary/aromatic N) is 3. The van der Waals surface area contributed by atoms with Gasteiger partial charge < -0.3 is 19.6 Å². The van der Waals surface area contributed by atoms with Crippen molar-refractivity contribution in [2.75, 3.05) is 11.9 Å². The Morgan fingerprint density at radius 2 is 2.00 bits per heavy atom. The van der Waals surface area contributed by atoms with Crippen molar-refractivity contribution in [3.63, 3.8) is 0 Å². The van der Waals surface area contributed by atoms with E-state index in [1.165, 1.54) is 6.26 Å². The zero-order chi connectivity index (χ0) is 21.2. The van der Waals surface area contributed by atoms with Crippen molar-refractivity contribution in [3.05, 3.63) is 90.5 Å². The summed E-state index contributed by atoms with van der Waals surface area (Å²) in [5, 5.41) is 2.95. The number of carbonyl (C=O) groups excluding carboxylic acids is 2. The number of carbonyl (C=O) groups is 2. The second kappa shape index (κ2) is 7.91. The van der Waals surface area contributed by atoms with E-state index < -0.39 is 5.92 Å². The predicted octanol–water partition coefficient (Wildman–Crippen LogP) is 3.44. The van der Waals surface area contributed by atoms with Crippen molar-refractivity contribution >= 4 is 17.5 Å². The summed E-state index contributed by atoms with van der Waals surface area (Å²) in [4.78, 5) is 39.1. The molecule has 1 aromatic carbocycles. The molecule has 31 heavy (non-hydrogen) atoms. The van der Waals surface area contributed by atoms with Gasteiger partial charge in [0.25, 0.3) is 5.91 Å². The van der Waals surface area contributed by atoms with Gasteiger partial charge in [-0.25, -0.2) is 4.98 Å². The maximum atomic E-state index is 13.2. The van der Waals surface area contributed by atoms with Gasteiger partial charge >= 0.3 is 0 Å². The van der Waals surface area contributed by atoms with Crippen molar-refractivity contribution in [3.8, 4) is 11.3 Å². The van der Waals surface area contributed by atoms with E-state index in [9.17, 15) is 9.59 Å². The van der Waals surface area contributed by atoms with Gasteiger partial charge in [0, 0.05) is 25.0 Å². The number of imidazole rings is 1. The fourth-order valence-electron chi connectivity index (χ4n) is 3.77. The van der Waals surface area contributed by atoms with E-state index in [2.05, 4.69) is 20.3 Å². The van der Waals surface area contributed by atoms with Crippen LogP contribution in [0.5, 0.6) is 0 Å². The van der Waals surface area contributed by atoms with E-state index in [4.69, 9.17) is 4.42 Å². The predicted molar refractivity (Wildman–Crippen MR) is 113 cm³/mol. The summed E-state index contributed by atoms with van der Waals surface area (Å²) in [7, 11) is 0. The average molecular weight is 413 g/mol. The third-order valence-corrected chi connectivity index (χ3v) is 5.32. The number of hydrogen-bond donors (Lipinski definition) is 2. The SMILES string of the molecule is O=C(Nc1ccc(-c2cnc[nH]2)cc1)C1CN(C(=O)c2ccco2)Cc2cccnc21. The number of aromatic amines is 1. The molecule has 0 bridgehead atoms. The standard InChI is InChI=1S/C23H19N5O3/c29-22(27-17-7-5-15(6-8-17)19-11-24-14-26-19)18-13-28(23(30)20-4-2-10-31-20)12-16-3-1-9-25-21(16)18/h1-11,14,18H,12-13H2,(H,24,26)(H,27,29). The number of amides is 2. The fourth-order valence-corrected chi connectivity index (χ4v) is 3.77. The van der Waals surface area contributed by atoms with Crippen LogP contribution in [0.1, 0.15) is 27.7 Å². The number of aromatic nitrogens is 3. The van der Waals surface area contributed by atoms with Gasteiger partial charge in [0.2, 0.25) is 5.91 Å². The summed E-state index contributed by atoms with van der Waals surface area (Å²) in [5.74, 6) is -0.801. The summed E-state index contributed by atoms with van der Waals surface area (Å²) in [6, 6.07) is 14.5. The van der Waals surface area contributed by atoms with Crippen LogP contribution in [0.2, 0.25) is 0 Å². The monoisotopic (exact) mass is 413 g/mol. The summed E-state index contributed by atoms with van der Waals surface area (Å²) in [6.07, 6.45) is 6.49. The van der Waals surface area contributed by atoms with Gasteiger partial charge in [-0.1, -0.05) is 18.2 Å². The fraction of sp³-hybridized carbons (Fsp3) is 0.130. The third kappa shape index (κ3) is 3.71. The molecular weight excluding hydrogens is 394 g/mol. The summed E-state index contributed by atoms with van der Waals surface area (Å²) in [6.45, 7) is 0.604. The minimum absolute atomic E-state index is 0.216. The second-order valence-electron chi connectivity index (χ2n) is 7.30. The van der Waals surface area contributed by atoms with E-state index in [0.29, 0.717) is 17.9 Å². The number of fused-ring (bicyclic) bond motifs is 1. The molecule has 0 saturated heterocycles. The molecule has 0 saturated carbocycles. The van der Waals surface area contributed by atoms with Gasteiger partial charge in [-0.15, -0.1) is 0 Å². The van der Waals surface area contributed by atoms with Crippen LogP contribution >= 0.6 is 0 Å². The molecule has 1 unspecified atom stereocenters. The highest BCUT2D eigenvalue weighted by Crippen LogP contribution is 2.29. The molecule has 2 amide bonds. The Kier molecular flexibility index (Phi) is 4.80. The lowest BCUT2D eigenvalue weighted by Crippen LogP contribution is -2.42. The van der Waals surface area contributed by atoms with E-state index >= 15 is 0 Å². The van der Waals surface area contributed by atoms with Crippen LogP contribution in [0.4, 0.5) is 5.69 Å². The molecule has 4 aromatic rings. The summed E-state index contributed by atoms with van der Waals surface area (Å²) in [5.41, 5.74) is 4.08. The molecule has 0 fully saturated rings. The molecule has 0 aliphatic carbocycles. The average Bonchev–Trinajstić information content (AvgIpc) is 3.53. The minimum Gasteiger partial charge on any atom is -0.459 e. The zero-order valence-electron chi connectivity index (χ0n) is 16.5. The molecular formula is C23H19N5O3. The van der Waals surface area contributed by atoms with E-state index in [1.54, 1.807) is 35.8 Å². The topological polar surface area (TPSA) is 104 Å². The summed E-state index contributed by atoms with van der Waals surface area (Å²) >= 11 is 0. The van der Waals surface area contributed by atoms with Gasteiger partial charge in [-0.3, -0.25) is 14.6 Å². The normalized spacial score (nSPS) is 15.4. The van der Waals surface area contributed by atoms with Crippen molar-refractivity contribution in [1.29, 1.82) is 0 Å². The number of pyridine rings is 1. The van der Waals surface area contributed by atoms with Gasteiger partial charge in [-0.05, 0) is 41.5 Å². The molecule has 5 rings (SSSR count). The number of furan rings is 1. The second-order valence-corrected chi connectivity index (χ2v) is 7.30. The number of nitrogens with one attached hydrogen (secondary N) is 2. The first-order valence-electron chi connectivity index (χ1n) is 9.85. The lowest BCUT2D eigenvalue weighted by molar-refractivity contribution is -0.118. The molecule has 154 valence electrons. The first kappa shape index (κ1) is 18.8. The third-order valence-electron chi connectivity index (χ3n) is 5.32. The van der Waals surface area contributed by atoms with E-state index in [-0.39, 0.29) is 24.1 Å². The van der Waals surface area contributed by atoms with Gasteiger partial charge in [-0.2, -0.15) is 0 Å². The van der Waals surface area contributed by atoms with Crippen LogP contribution < -0.4 is 5.32 Å². The zero-order valence-corrected chi connectivity index (χ0v) is 16.5. The highest BCUT2D eigenvalue weighted by molar-refractivity contribution is 5.98. The van der Waals surface area contributed by atoms with Crippen molar-refractivity contribution in [2.24, 2.45) is 0 Å². The van der Waals surface area contributed by atoms with Gasteiger partial charge in [0.1, 0.15) is 0 Å². The molecule has 1 aliphatic rings. The number of H-pyrrole nitrogens is 1. The van der Waals surface area contributed by atoms with Crippen LogP contribution in [0, 0.1) is 0 Å². The Labute approximate surface area is 177 Å². The van der Waals surface area contributed by atoms with Crippen LogP contribution in [-0.2, 0) is 11.3 Å². The van der Waals surface area contributed by atoms with Crippen molar-refractivity contribution < 1.29 is 14.0 Å². The highest BCUT2D eigenvalue weighted by atomic mass is 16.3. The molecule has 8 nitrogen and oxygen atoms in total. The first-order valence-corrected chi connectivity index (χ1v) is 9.85. The van der Waals surface area contributed by atoms with Crippen LogP contribution in [0.25, 0.3) is 11.3 Å². The molecule has 8 heteroatoms. The molecule has 1 aliphatic heterocycles. The highest BCUT2D eigenvalue weighted by Gasteiger charge is 2.34. The lowest BCUT2D eigenvalue weighted by atomic mass is 9.93. The number of hydrogen-bond acceptors (Lipinski definition) is 5. The number of anilines is 1. The minimum atomic E-state index is -0.587. The molecule has 0 spiro atoms. The molecule has 1 atom stereocenters. The van der Waals surface area contributed by atoms with Gasteiger partial charge in [0.15, 0.2) is 5.76 Å². The number of benzene rings is 1. The Balaban J connectivity index is 1.37. The van der Waals surface area contributed by atoms with Crippen molar-refractivity contribution in [2.45, 2.75) is 12.5 Å². The molecule has 2 N–H and O–H groups in total. The van der Waals surface area contributed by atoms with E-state index in [1.807, 2.05) is 36.4 Å². The smallest absolute Gasteiger partial charge is 0.289 e. The number of rotatable bonds is 4. The van der Waals surface area contributed by atoms with E-state index in [0.717, 1.165) is 16.8 Å². The maximum Gasteiger partial charge on any atom is 0.289 e. The van der Waals surface area contributed by atoms with Crippen LogP contribution in [0.3, 0.4) is 0 Å². The van der Waals surface area contributed by atoms with Crippen LogP contribution in [-0.4, -0.2) is 38.2 Å². The Bertz CT molecular complexity index is 1200. The largest absolute Gasteiger partial charge is 0.459 e. The Hall–Kier alpha value is -4.20. The Morgan fingerprint density at radius 3 is 2.74 bits per heavy atom. The molecule has 0 radical (unpaired) electrons. The molecule has 3 aromatic heterocycles. The Morgan fingerprint density at radius 1 is 1.13 bits per heavy atom. The summed E-state index contributed by atoms with van der Waals surface area (Å²) < 4.78 is 5.26.